The van der Waals surface area contributed by atoms with E-state index in [4.69, 9.17) is 5.84 Å². The van der Waals surface area contributed by atoms with E-state index >= 15 is 0 Å². The third-order valence-corrected chi connectivity index (χ3v) is 4.32. The summed E-state index contributed by atoms with van der Waals surface area (Å²) in [6.45, 7) is 0. The van der Waals surface area contributed by atoms with Crippen LogP contribution in [0.15, 0.2) is 38.6 Å². The number of sulfonamides is 1. The van der Waals surface area contributed by atoms with Crippen molar-refractivity contribution in [2.75, 3.05) is 10.1 Å². The Kier molecular flexibility index (Phi) is 4.52. The lowest BCUT2D eigenvalue weighted by molar-refractivity contribution is 0.601. The summed E-state index contributed by atoms with van der Waals surface area (Å²) in [6.07, 6.45) is 4.08. The number of nitrogens with zero attached hydrogens (tertiary/aromatic N) is 3. The Bertz CT molecular complexity index is 722. The van der Waals surface area contributed by atoms with Crippen LogP contribution in [0.3, 0.4) is 0 Å². The lowest BCUT2D eigenvalue weighted by Crippen LogP contribution is -2.19. The van der Waals surface area contributed by atoms with Gasteiger partial charge in [0.1, 0.15) is 9.50 Å². The molecule has 0 spiro atoms. The van der Waals surface area contributed by atoms with Gasteiger partial charge in [0.2, 0.25) is 0 Å². The van der Waals surface area contributed by atoms with E-state index < -0.39 is 10.0 Å². The topological polar surface area (TPSA) is 123 Å². The zero-order valence-corrected chi connectivity index (χ0v) is 13.7. The van der Waals surface area contributed by atoms with Crippen molar-refractivity contribution in [2.24, 2.45) is 5.84 Å². The number of rotatable bonds is 4. The van der Waals surface area contributed by atoms with Crippen molar-refractivity contribution in [1.82, 2.24) is 15.0 Å². The van der Waals surface area contributed by atoms with E-state index in [1.54, 1.807) is 0 Å². The van der Waals surface area contributed by atoms with Crippen molar-refractivity contribution in [3.63, 3.8) is 0 Å². The quantitative estimate of drug-likeness (QED) is 0.502. The van der Waals surface area contributed by atoms with Crippen molar-refractivity contribution < 1.29 is 8.42 Å². The van der Waals surface area contributed by atoms with Gasteiger partial charge in [-0.15, -0.1) is 0 Å². The minimum atomic E-state index is -3.89. The fraction of sp³-hybridized carbons (Fsp3) is 0. The lowest BCUT2D eigenvalue weighted by atomic mass is 10.5. The number of hydrogen-bond acceptors (Lipinski definition) is 7. The molecule has 0 fully saturated rings. The predicted molar refractivity (Wildman–Crippen MR) is 80.3 cm³/mol. The lowest BCUT2D eigenvalue weighted by Gasteiger charge is -2.10. The standard InChI is InChI=1S/C9H8Br2N6O2S/c10-5-1-6(9(16-12)15-2-5)20(18,19)17-8-4-13-7(11)3-14-8/h1-4H,12H2,(H,14,17)(H,15,16). The van der Waals surface area contributed by atoms with E-state index in [1.165, 1.54) is 24.7 Å². The maximum absolute atomic E-state index is 12.3. The molecular weight excluding hydrogens is 416 g/mol. The van der Waals surface area contributed by atoms with E-state index in [0.717, 1.165) is 0 Å². The Morgan fingerprint density at radius 2 is 1.85 bits per heavy atom. The Labute approximate surface area is 131 Å². The summed E-state index contributed by atoms with van der Waals surface area (Å²) in [5.74, 6) is 5.36. The highest BCUT2D eigenvalue weighted by Gasteiger charge is 2.20. The summed E-state index contributed by atoms with van der Waals surface area (Å²) < 4.78 is 27.8. The molecule has 0 aliphatic heterocycles. The number of nitrogens with two attached hydrogens (primary N) is 1. The van der Waals surface area contributed by atoms with Crippen molar-refractivity contribution in [2.45, 2.75) is 4.90 Å². The molecule has 8 nitrogen and oxygen atoms in total. The fourth-order valence-corrected chi connectivity index (χ4v) is 3.12. The van der Waals surface area contributed by atoms with Crippen molar-refractivity contribution >= 4 is 53.5 Å². The van der Waals surface area contributed by atoms with Gasteiger partial charge < -0.3 is 5.43 Å². The van der Waals surface area contributed by atoms with Gasteiger partial charge in [0, 0.05) is 10.7 Å². The van der Waals surface area contributed by atoms with Crippen LogP contribution in [-0.4, -0.2) is 23.4 Å². The normalized spacial score (nSPS) is 11.2. The first-order valence-electron chi connectivity index (χ1n) is 5.05. The highest BCUT2D eigenvalue weighted by molar-refractivity contribution is 9.10. The molecule has 0 saturated heterocycles. The van der Waals surface area contributed by atoms with E-state index in [-0.39, 0.29) is 16.5 Å². The van der Waals surface area contributed by atoms with Crippen LogP contribution in [0.5, 0.6) is 0 Å². The summed E-state index contributed by atoms with van der Waals surface area (Å²) in [4.78, 5) is 11.5. The van der Waals surface area contributed by atoms with Crippen LogP contribution in [0, 0.1) is 0 Å². The number of nitrogen functional groups attached to an aromatic ring is 1. The van der Waals surface area contributed by atoms with Gasteiger partial charge in [-0.05, 0) is 37.9 Å². The summed E-state index contributed by atoms with van der Waals surface area (Å²) >= 11 is 6.26. The number of hydrazine groups is 1. The van der Waals surface area contributed by atoms with Gasteiger partial charge in [0.15, 0.2) is 11.6 Å². The van der Waals surface area contributed by atoms with Crippen LogP contribution in [0.1, 0.15) is 0 Å². The van der Waals surface area contributed by atoms with Gasteiger partial charge in [-0.3, -0.25) is 4.72 Å². The zero-order valence-electron chi connectivity index (χ0n) is 9.71. The van der Waals surface area contributed by atoms with E-state index in [9.17, 15) is 8.42 Å². The second-order valence-corrected chi connectivity index (χ2v) is 6.85. The molecule has 0 aliphatic carbocycles. The average molecular weight is 424 g/mol. The molecule has 0 aromatic carbocycles. The molecule has 11 heteroatoms. The first kappa shape index (κ1) is 15.1. The Morgan fingerprint density at radius 3 is 2.45 bits per heavy atom. The minimum Gasteiger partial charge on any atom is -0.307 e. The first-order valence-corrected chi connectivity index (χ1v) is 8.12. The van der Waals surface area contributed by atoms with Crippen molar-refractivity contribution in [3.8, 4) is 0 Å². The molecule has 4 N–H and O–H groups in total. The number of hydrogen-bond donors (Lipinski definition) is 3. The van der Waals surface area contributed by atoms with Gasteiger partial charge in [-0.2, -0.15) is 0 Å². The summed E-state index contributed by atoms with van der Waals surface area (Å²) in [7, 11) is -3.89. The van der Waals surface area contributed by atoms with Crippen molar-refractivity contribution in [3.05, 3.63) is 33.7 Å². The number of aromatic nitrogens is 3. The maximum atomic E-state index is 12.3. The highest BCUT2D eigenvalue weighted by Crippen LogP contribution is 2.24. The van der Waals surface area contributed by atoms with Gasteiger partial charge in [-0.1, -0.05) is 0 Å². The second-order valence-electron chi connectivity index (χ2n) is 3.47. The molecule has 2 aromatic rings. The number of halogens is 2. The first-order chi connectivity index (χ1) is 9.42. The molecule has 20 heavy (non-hydrogen) atoms. The molecule has 2 heterocycles. The SMILES string of the molecule is NNc1ncc(Br)cc1S(=O)(=O)Nc1cnc(Br)cn1. The predicted octanol–water partition coefficient (Wildman–Crippen LogP) is 1.48. The molecule has 0 saturated carbocycles. The number of anilines is 2. The Balaban J connectivity index is 2.40. The molecule has 0 bridgehead atoms. The van der Waals surface area contributed by atoms with E-state index in [2.05, 4.69) is 57.0 Å². The smallest absolute Gasteiger partial charge is 0.266 e. The monoisotopic (exact) mass is 422 g/mol. The summed E-state index contributed by atoms with van der Waals surface area (Å²) in [6, 6.07) is 1.37. The Morgan fingerprint density at radius 1 is 1.10 bits per heavy atom. The second kappa shape index (κ2) is 5.99. The third kappa shape index (κ3) is 3.42. The van der Waals surface area contributed by atoms with Crippen LogP contribution in [0.2, 0.25) is 0 Å². The van der Waals surface area contributed by atoms with Crippen LogP contribution >= 0.6 is 31.9 Å². The largest absolute Gasteiger partial charge is 0.307 e. The number of nitrogens with one attached hydrogen (secondary N) is 2. The molecule has 2 rings (SSSR count). The molecule has 0 unspecified atom stereocenters. The van der Waals surface area contributed by atoms with Crippen LogP contribution in [0.4, 0.5) is 11.6 Å². The third-order valence-electron chi connectivity index (χ3n) is 2.10. The summed E-state index contributed by atoms with van der Waals surface area (Å²) in [5.41, 5.74) is 2.23. The molecule has 0 radical (unpaired) electrons. The highest BCUT2D eigenvalue weighted by atomic mass is 79.9. The van der Waals surface area contributed by atoms with Gasteiger partial charge in [0.25, 0.3) is 10.0 Å². The molecular formula is C9H8Br2N6O2S. The zero-order chi connectivity index (χ0) is 14.8. The van der Waals surface area contributed by atoms with E-state index in [1.807, 2.05) is 0 Å². The van der Waals surface area contributed by atoms with Gasteiger partial charge in [-0.25, -0.2) is 29.2 Å². The molecule has 0 amide bonds. The molecule has 0 aliphatic rings. The van der Waals surface area contributed by atoms with Crippen LogP contribution < -0.4 is 16.0 Å². The summed E-state index contributed by atoms with van der Waals surface area (Å²) in [5, 5.41) is 0. The fourth-order valence-electron chi connectivity index (χ4n) is 1.29. The van der Waals surface area contributed by atoms with E-state index in [0.29, 0.717) is 9.08 Å². The van der Waals surface area contributed by atoms with Crippen LogP contribution in [0.25, 0.3) is 0 Å². The molecule has 106 valence electrons. The van der Waals surface area contributed by atoms with Crippen LogP contribution in [-0.2, 0) is 10.0 Å². The van der Waals surface area contributed by atoms with Gasteiger partial charge in [0.05, 0.1) is 12.4 Å². The molecule has 2 aromatic heterocycles. The molecule has 0 atom stereocenters. The Hall–Kier alpha value is -1.30. The average Bonchev–Trinajstić information content (AvgIpc) is 2.41. The minimum absolute atomic E-state index is 0.0192. The van der Waals surface area contributed by atoms with Crippen molar-refractivity contribution in [1.29, 1.82) is 0 Å². The number of pyridine rings is 1. The van der Waals surface area contributed by atoms with Gasteiger partial charge >= 0.3 is 0 Å². The maximum Gasteiger partial charge on any atom is 0.266 e.